The summed E-state index contributed by atoms with van der Waals surface area (Å²) in [6.45, 7) is 19.4. The van der Waals surface area contributed by atoms with Crippen molar-refractivity contribution in [3.8, 4) is 0 Å². The molecule has 0 bridgehead atoms. The fraction of sp³-hybridized carbons (Fsp3) is 0.362. The Labute approximate surface area is 342 Å². The van der Waals surface area contributed by atoms with Crippen molar-refractivity contribution < 1.29 is 14.1 Å². The second kappa shape index (κ2) is 14.2. The van der Waals surface area contributed by atoms with Crippen LogP contribution < -0.4 is 4.90 Å². The van der Waals surface area contributed by atoms with Gasteiger partial charge in [-0.15, -0.1) is 0 Å². The van der Waals surface area contributed by atoms with Crippen LogP contribution in [-0.4, -0.2) is 36.5 Å². The van der Waals surface area contributed by atoms with E-state index in [4.69, 9.17) is 16.3 Å². The molecule has 54 heavy (non-hydrogen) atoms. The Kier molecular flexibility index (Phi) is 10.2. The van der Waals surface area contributed by atoms with Crippen LogP contribution >= 0.6 is 43.5 Å². The van der Waals surface area contributed by atoms with Gasteiger partial charge in [-0.2, -0.15) is 4.58 Å². The van der Waals surface area contributed by atoms with Gasteiger partial charge in [-0.3, -0.25) is 4.79 Å². The van der Waals surface area contributed by atoms with Gasteiger partial charge in [0.05, 0.1) is 17.9 Å². The molecule has 0 radical (unpaired) electrons. The van der Waals surface area contributed by atoms with Crippen molar-refractivity contribution in [2.75, 3.05) is 25.1 Å². The van der Waals surface area contributed by atoms with E-state index in [1.54, 1.807) is 0 Å². The highest BCUT2D eigenvalue weighted by molar-refractivity contribution is 9.10. The Morgan fingerprint density at radius 3 is 2.13 bits per heavy atom. The third-order valence-electron chi connectivity index (χ3n) is 12.4. The number of carbonyl (C=O) groups is 1. The van der Waals surface area contributed by atoms with E-state index in [-0.39, 0.29) is 22.7 Å². The van der Waals surface area contributed by atoms with Gasteiger partial charge in [0.25, 0.3) is 0 Å². The Balaban J connectivity index is 1.33. The molecule has 0 spiro atoms. The largest absolute Gasteiger partial charge is 0.469 e. The summed E-state index contributed by atoms with van der Waals surface area (Å²) in [6, 6.07) is 22.1. The molecule has 2 aliphatic heterocycles. The zero-order chi connectivity index (χ0) is 38.9. The van der Waals surface area contributed by atoms with Crippen molar-refractivity contribution in [3.63, 3.8) is 0 Å². The minimum Gasteiger partial charge on any atom is -0.469 e. The van der Waals surface area contributed by atoms with Gasteiger partial charge >= 0.3 is 5.97 Å². The Bertz CT molecular complexity index is 2390. The van der Waals surface area contributed by atoms with Crippen LogP contribution in [0, 0.1) is 11.3 Å². The van der Waals surface area contributed by atoms with E-state index in [0.29, 0.717) is 12.8 Å². The summed E-state index contributed by atoms with van der Waals surface area (Å²) < 4.78 is 9.95. The zero-order valence-corrected chi connectivity index (χ0v) is 36.8. The minimum atomic E-state index is -0.707. The van der Waals surface area contributed by atoms with Crippen LogP contribution in [0.2, 0.25) is 0 Å². The lowest BCUT2D eigenvalue weighted by atomic mass is 9.69. The molecule has 3 aliphatic rings. The number of hydrogen-bond donors (Lipinski definition) is 0. The molecule has 0 fully saturated rings. The predicted octanol–water partition coefficient (Wildman–Crippen LogP) is 13.2. The molecule has 7 heteroatoms. The monoisotopic (exact) mass is 867 g/mol. The van der Waals surface area contributed by atoms with E-state index in [9.17, 15) is 4.79 Å². The van der Waals surface area contributed by atoms with Crippen molar-refractivity contribution >= 4 is 88.1 Å². The average molecular weight is 870 g/mol. The molecule has 0 saturated heterocycles. The number of likely N-dealkylation sites (N-methyl/N-ethyl adjacent to an activating group) is 1. The fourth-order valence-corrected chi connectivity index (χ4v) is 10.4. The van der Waals surface area contributed by atoms with Gasteiger partial charge in [0.15, 0.2) is 5.71 Å². The number of methoxy groups -OCH3 is 1. The number of benzene rings is 4. The van der Waals surface area contributed by atoms with Crippen LogP contribution in [-0.2, 0) is 20.4 Å². The highest BCUT2D eigenvalue weighted by Gasteiger charge is 2.46. The molecule has 7 rings (SSSR count). The Morgan fingerprint density at radius 2 is 1.52 bits per heavy atom. The van der Waals surface area contributed by atoms with Gasteiger partial charge in [0, 0.05) is 55.0 Å². The molecule has 0 N–H and O–H groups in total. The molecule has 1 atom stereocenters. The number of hydrogen-bond acceptors (Lipinski definition) is 3. The number of fused-ring (bicyclic) bond motifs is 6. The molecule has 4 aromatic rings. The van der Waals surface area contributed by atoms with E-state index in [0.717, 1.165) is 38.2 Å². The number of esters is 1. The fourth-order valence-electron chi connectivity index (χ4n) is 9.38. The first-order valence-corrected chi connectivity index (χ1v) is 21.0. The zero-order valence-electron chi connectivity index (χ0n) is 32.8. The second-order valence-electron chi connectivity index (χ2n) is 16.5. The minimum absolute atomic E-state index is 0.00124. The van der Waals surface area contributed by atoms with Crippen LogP contribution in [0.5, 0.6) is 0 Å². The lowest BCUT2D eigenvalue weighted by Crippen LogP contribution is -2.36. The summed E-state index contributed by atoms with van der Waals surface area (Å²) in [5.41, 5.74) is 8.55. The van der Waals surface area contributed by atoms with Crippen molar-refractivity contribution in [3.05, 3.63) is 127 Å². The van der Waals surface area contributed by atoms with Crippen LogP contribution in [0.3, 0.4) is 0 Å². The number of allylic oxidation sites excluding steroid dienone is 8. The van der Waals surface area contributed by atoms with Gasteiger partial charge in [-0.1, -0.05) is 87.7 Å². The van der Waals surface area contributed by atoms with Crippen LogP contribution in [0.25, 0.3) is 21.5 Å². The maximum Gasteiger partial charge on any atom is 0.311 e. The topological polar surface area (TPSA) is 32.6 Å². The highest BCUT2D eigenvalue weighted by atomic mass is 79.9. The van der Waals surface area contributed by atoms with E-state index >= 15 is 0 Å². The van der Waals surface area contributed by atoms with Gasteiger partial charge in [-0.05, 0) is 141 Å². The van der Waals surface area contributed by atoms with Gasteiger partial charge in [0.2, 0.25) is 5.69 Å². The summed E-state index contributed by atoms with van der Waals surface area (Å²) in [4.78, 5) is 15.7. The van der Waals surface area contributed by atoms with E-state index < -0.39 is 5.41 Å². The standard InChI is InChI=1S/C47H50Br2ClN2O2/c1-10-51-37-20-12-28-26-33(48)16-18-35(28)41(37)46(5,6)39(51)22-14-30-24-32(45(3,4)44(53)54-9)25-31(43(30)50)15-23-40-47(7,8)42-36-19-17-34(49)27-29(36)13-21-38(42)52(40)11-2/h12-23,26-27,32H,10-11,24-25H2,1-9H3/q+1. The lowest BCUT2D eigenvalue weighted by molar-refractivity contribution is -0.433. The van der Waals surface area contributed by atoms with E-state index in [1.807, 2.05) is 13.8 Å². The van der Waals surface area contributed by atoms with Crippen LogP contribution in [0.15, 0.2) is 116 Å². The normalized spacial score (nSPS) is 21.0. The number of ether oxygens (including phenoxy) is 1. The smallest absolute Gasteiger partial charge is 0.311 e. The first-order valence-electron chi connectivity index (χ1n) is 19.0. The summed E-state index contributed by atoms with van der Waals surface area (Å²) in [6.07, 6.45) is 10.3. The molecule has 4 nitrogen and oxygen atoms in total. The summed E-state index contributed by atoms with van der Waals surface area (Å²) in [7, 11) is 1.48. The molecule has 1 aliphatic carbocycles. The van der Waals surface area contributed by atoms with Gasteiger partial charge < -0.3 is 9.64 Å². The number of carbonyl (C=O) groups excluding carboxylic acids is 1. The number of anilines is 1. The van der Waals surface area contributed by atoms with Crippen molar-refractivity contribution in [2.45, 2.75) is 79.1 Å². The molecule has 2 heterocycles. The molecular formula is C47H50Br2ClN2O2+. The summed E-state index contributed by atoms with van der Waals surface area (Å²) >= 11 is 14.8. The SMILES string of the molecule is CCN1/C(=C\C=C2\CC(C(C)(C)C(=O)OC)CC(/C=C/C3=[N+](CC)c4ccc5cc(Br)ccc5c4C3(C)C)=C2Cl)C(C)(C)c2c1ccc1cc(Br)ccc21. The molecule has 1 unspecified atom stereocenters. The third-order valence-corrected chi connectivity index (χ3v) is 13.8. The molecule has 4 aromatic carbocycles. The van der Waals surface area contributed by atoms with E-state index in [1.165, 1.54) is 62.6 Å². The summed E-state index contributed by atoms with van der Waals surface area (Å²) in [5, 5.41) is 5.76. The Morgan fingerprint density at radius 1 is 0.889 bits per heavy atom. The highest BCUT2D eigenvalue weighted by Crippen LogP contribution is 2.52. The molecular weight excluding hydrogens is 820 g/mol. The average Bonchev–Trinajstić information content (AvgIpc) is 3.50. The molecule has 0 saturated carbocycles. The van der Waals surface area contributed by atoms with E-state index in [2.05, 4.69) is 168 Å². The van der Waals surface area contributed by atoms with Crippen molar-refractivity contribution in [1.82, 2.24) is 0 Å². The predicted molar refractivity (Wildman–Crippen MR) is 235 cm³/mol. The number of rotatable bonds is 7. The molecule has 0 amide bonds. The first kappa shape index (κ1) is 38.8. The quantitative estimate of drug-likeness (QED) is 0.137. The number of halogens is 3. The second-order valence-corrected chi connectivity index (χ2v) is 18.7. The Hall–Kier alpha value is -3.45. The van der Waals surface area contributed by atoms with Crippen molar-refractivity contribution in [2.24, 2.45) is 11.3 Å². The molecule has 280 valence electrons. The number of nitrogens with zero attached hydrogens (tertiary/aromatic N) is 2. The van der Waals surface area contributed by atoms with Crippen molar-refractivity contribution in [1.29, 1.82) is 0 Å². The maximum absolute atomic E-state index is 13.3. The van der Waals surface area contributed by atoms with Gasteiger partial charge in [0.1, 0.15) is 6.54 Å². The lowest BCUT2D eigenvalue weighted by Gasteiger charge is -2.36. The van der Waals surface area contributed by atoms with Gasteiger partial charge in [-0.25, -0.2) is 0 Å². The van der Waals surface area contributed by atoms with Crippen LogP contribution in [0.4, 0.5) is 11.4 Å². The molecule has 0 aromatic heterocycles. The summed E-state index contributed by atoms with van der Waals surface area (Å²) in [5.74, 6) is -0.203. The maximum atomic E-state index is 13.3. The third kappa shape index (κ3) is 6.25. The first-order chi connectivity index (χ1) is 25.6. The van der Waals surface area contributed by atoms with Crippen LogP contribution in [0.1, 0.15) is 79.4 Å².